The van der Waals surface area contributed by atoms with Crippen LogP contribution in [0.15, 0.2) is 40.9 Å². The number of halogens is 2. The molecule has 0 aromatic heterocycles. The summed E-state index contributed by atoms with van der Waals surface area (Å²) in [6, 6.07) is 11.8. The van der Waals surface area contributed by atoms with E-state index in [1.54, 1.807) is 0 Å². The van der Waals surface area contributed by atoms with Crippen LogP contribution in [-0.2, 0) is 6.54 Å². The molecule has 0 aliphatic carbocycles. The number of ether oxygens (including phenoxy) is 1. The quantitative estimate of drug-likeness (QED) is 0.785. The van der Waals surface area contributed by atoms with E-state index in [2.05, 4.69) is 46.4 Å². The third-order valence-electron chi connectivity index (χ3n) is 2.95. The lowest BCUT2D eigenvalue weighted by molar-refractivity contribution is 0.475. The van der Waals surface area contributed by atoms with E-state index in [-0.39, 0.29) is 0 Å². The molecule has 0 fully saturated rings. The van der Waals surface area contributed by atoms with Crippen molar-refractivity contribution in [2.45, 2.75) is 20.4 Å². The van der Waals surface area contributed by atoms with E-state index in [9.17, 15) is 0 Å². The molecule has 0 aliphatic rings. The van der Waals surface area contributed by atoms with Gasteiger partial charge in [0.05, 0.1) is 4.47 Å². The molecule has 2 rings (SSSR count). The molecule has 4 heteroatoms. The lowest BCUT2D eigenvalue weighted by atomic mass is 10.1. The summed E-state index contributed by atoms with van der Waals surface area (Å²) < 4.78 is 6.83. The van der Waals surface area contributed by atoms with Gasteiger partial charge in [0.1, 0.15) is 11.5 Å². The van der Waals surface area contributed by atoms with Gasteiger partial charge in [-0.05, 0) is 64.8 Å². The predicted octanol–water partition coefficient (Wildman–Crippen LogP) is 5.31. The van der Waals surface area contributed by atoms with Crippen molar-refractivity contribution in [3.8, 4) is 11.5 Å². The van der Waals surface area contributed by atoms with E-state index >= 15 is 0 Å². The minimum atomic E-state index is 0.682. The zero-order chi connectivity index (χ0) is 14.5. The van der Waals surface area contributed by atoms with Crippen molar-refractivity contribution in [1.29, 1.82) is 0 Å². The molecule has 0 saturated heterocycles. The van der Waals surface area contributed by atoms with Crippen LogP contribution < -0.4 is 10.1 Å². The lowest BCUT2D eigenvalue weighted by Gasteiger charge is -2.12. The highest BCUT2D eigenvalue weighted by atomic mass is 79.9. The number of nitrogens with one attached hydrogen (secondary N) is 1. The van der Waals surface area contributed by atoms with Gasteiger partial charge < -0.3 is 10.1 Å². The first-order chi connectivity index (χ1) is 9.60. The molecular weight excluding hydrogens is 338 g/mol. The van der Waals surface area contributed by atoms with Crippen LogP contribution in [0.1, 0.15) is 18.1 Å². The summed E-state index contributed by atoms with van der Waals surface area (Å²) in [4.78, 5) is 0. The van der Waals surface area contributed by atoms with Crippen molar-refractivity contribution in [3.63, 3.8) is 0 Å². The van der Waals surface area contributed by atoms with Gasteiger partial charge in [-0.3, -0.25) is 0 Å². The van der Waals surface area contributed by atoms with Crippen molar-refractivity contribution in [3.05, 3.63) is 57.0 Å². The molecule has 0 saturated carbocycles. The van der Waals surface area contributed by atoms with Crippen molar-refractivity contribution >= 4 is 27.5 Å². The largest absolute Gasteiger partial charge is 0.456 e. The zero-order valence-electron chi connectivity index (χ0n) is 11.5. The number of rotatable bonds is 5. The van der Waals surface area contributed by atoms with E-state index < -0.39 is 0 Å². The lowest BCUT2D eigenvalue weighted by Crippen LogP contribution is -2.11. The number of benzene rings is 2. The van der Waals surface area contributed by atoms with E-state index in [0.717, 1.165) is 34.6 Å². The van der Waals surface area contributed by atoms with Gasteiger partial charge in [0.2, 0.25) is 0 Å². The Morgan fingerprint density at radius 2 is 1.95 bits per heavy atom. The van der Waals surface area contributed by atoms with E-state index in [1.165, 1.54) is 5.56 Å². The van der Waals surface area contributed by atoms with Crippen LogP contribution in [0, 0.1) is 6.92 Å². The van der Waals surface area contributed by atoms with Crippen molar-refractivity contribution in [1.82, 2.24) is 5.32 Å². The second kappa shape index (κ2) is 7.11. The molecule has 0 radical (unpaired) electrons. The standard InChI is InChI=1S/C16H17BrClNO/c1-3-19-10-12-5-4-11(2)16(8-12)20-15-7-6-13(18)9-14(15)17/h4-9,19H,3,10H2,1-2H3. The third-order valence-corrected chi connectivity index (χ3v) is 3.80. The summed E-state index contributed by atoms with van der Waals surface area (Å²) in [6.45, 7) is 5.92. The Kier molecular flexibility index (Phi) is 5.46. The SMILES string of the molecule is CCNCc1ccc(C)c(Oc2ccc(Cl)cc2Br)c1. The van der Waals surface area contributed by atoms with Gasteiger partial charge >= 0.3 is 0 Å². The predicted molar refractivity (Wildman–Crippen MR) is 87.8 cm³/mol. The Morgan fingerprint density at radius 1 is 1.15 bits per heavy atom. The molecule has 0 atom stereocenters. The molecule has 20 heavy (non-hydrogen) atoms. The second-order valence-electron chi connectivity index (χ2n) is 4.56. The summed E-state index contributed by atoms with van der Waals surface area (Å²) in [5, 5.41) is 3.99. The van der Waals surface area contributed by atoms with Crippen LogP contribution in [0.4, 0.5) is 0 Å². The first-order valence-electron chi connectivity index (χ1n) is 6.53. The first kappa shape index (κ1) is 15.4. The van der Waals surface area contributed by atoms with E-state index in [0.29, 0.717) is 5.02 Å². The summed E-state index contributed by atoms with van der Waals surface area (Å²) in [5.74, 6) is 1.63. The monoisotopic (exact) mass is 353 g/mol. The minimum absolute atomic E-state index is 0.682. The molecule has 1 N–H and O–H groups in total. The second-order valence-corrected chi connectivity index (χ2v) is 5.85. The Labute approximate surface area is 133 Å². The molecule has 2 aromatic rings. The van der Waals surface area contributed by atoms with Crippen LogP contribution in [-0.4, -0.2) is 6.54 Å². The third kappa shape index (κ3) is 3.98. The zero-order valence-corrected chi connectivity index (χ0v) is 13.9. The van der Waals surface area contributed by atoms with Gasteiger partial charge in [0.25, 0.3) is 0 Å². The van der Waals surface area contributed by atoms with Crippen molar-refractivity contribution < 1.29 is 4.74 Å². The molecule has 2 nitrogen and oxygen atoms in total. The van der Waals surface area contributed by atoms with Crippen molar-refractivity contribution in [2.75, 3.05) is 6.54 Å². The van der Waals surface area contributed by atoms with Crippen LogP contribution in [0.25, 0.3) is 0 Å². The number of aryl methyl sites for hydroxylation is 1. The Balaban J connectivity index is 2.23. The van der Waals surface area contributed by atoms with Gasteiger partial charge in [-0.1, -0.05) is 30.7 Å². The smallest absolute Gasteiger partial charge is 0.141 e. The highest BCUT2D eigenvalue weighted by molar-refractivity contribution is 9.10. The topological polar surface area (TPSA) is 21.3 Å². The summed E-state index contributed by atoms with van der Waals surface area (Å²) >= 11 is 9.41. The summed E-state index contributed by atoms with van der Waals surface area (Å²) in [6.07, 6.45) is 0. The molecule has 0 heterocycles. The van der Waals surface area contributed by atoms with Gasteiger partial charge in [-0.15, -0.1) is 0 Å². The van der Waals surface area contributed by atoms with Gasteiger partial charge in [-0.2, -0.15) is 0 Å². The number of hydrogen-bond donors (Lipinski definition) is 1. The molecular formula is C16H17BrClNO. The van der Waals surface area contributed by atoms with Crippen molar-refractivity contribution in [2.24, 2.45) is 0 Å². The minimum Gasteiger partial charge on any atom is -0.456 e. The Morgan fingerprint density at radius 3 is 2.65 bits per heavy atom. The highest BCUT2D eigenvalue weighted by Crippen LogP contribution is 2.33. The summed E-state index contributed by atoms with van der Waals surface area (Å²) in [7, 11) is 0. The first-order valence-corrected chi connectivity index (χ1v) is 7.70. The fourth-order valence-electron chi connectivity index (χ4n) is 1.81. The molecule has 0 amide bonds. The average molecular weight is 355 g/mol. The van der Waals surface area contributed by atoms with Gasteiger partial charge in [0, 0.05) is 11.6 Å². The Hall–Kier alpha value is -1.03. The number of hydrogen-bond acceptors (Lipinski definition) is 2. The fourth-order valence-corrected chi connectivity index (χ4v) is 2.57. The normalized spacial score (nSPS) is 10.6. The van der Waals surface area contributed by atoms with Crippen LogP contribution in [0.3, 0.4) is 0 Å². The average Bonchev–Trinajstić information content (AvgIpc) is 2.42. The van der Waals surface area contributed by atoms with Crippen LogP contribution >= 0.6 is 27.5 Å². The molecule has 0 spiro atoms. The molecule has 0 bridgehead atoms. The summed E-state index contributed by atoms with van der Waals surface area (Å²) in [5.41, 5.74) is 2.31. The fraction of sp³-hybridized carbons (Fsp3) is 0.250. The van der Waals surface area contributed by atoms with Gasteiger partial charge in [0.15, 0.2) is 0 Å². The molecule has 0 unspecified atom stereocenters. The van der Waals surface area contributed by atoms with Crippen LogP contribution in [0.5, 0.6) is 11.5 Å². The highest BCUT2D eigenvalue weighted by Gasteiger charge is 2.07. The van der Waals surface area contributed by atoms with Gasteiger partial charge in [-0.25, -0.2) is 0 Å². The van der Waals surface area contributed by atoms with E-state index in [1.807, 2.05) is 25.1 Å². The maximum absolute atomic E-state index is 5.98. The maximum Gasteiger partial charge on any atom is 0.141 e. The molecule has 106 valence electrons. The van der Waals surface area contributed by atoms with Crippen LogP contribution in [0.2, 0.25) is 5.02 Å². The Bertz CT molecular complexity index is 601. The molecule has 2 aromatic carbocycles. The molecule has 0 aliphatic heterocycles. The maximum atomic E-state index is 5.98. The van der Waals surface area contributed by atoms with E-state index in [4.69, 9.17) is 16.3 Å².